The monoisotopic (exact) mass is 469 g/mol. The number of carbonyl (C=O) groups excluding carboxylic acids is 1. The number of hydrogen-bond acceptors (Lipinski definition) is 4. The maximum absolute atomic E-state index is 12.8. The molecule has 4 fully saturated rings. The van der Waals surface area contributed by atoms with Crippen molar-refractivity contribution in [3.05, 3.63) is 35.4 Å². The van der Waals surface area contributed by atoms with Crippen molar-refractivity contribution in [1.29, 1.82) is 0 Å². The molecule has 4 bridgehead atoms. The summed E-state index contributed by atoms with van der Waals surface area (Å²) in [5, 5.41) is 3.55. The van der Waals surface area contributed by atoms with E-state index in [4.69, 9.17) is 21.7 Å². The molecular weight excluding hydrogens is 439 g/mol. The van der Waals surface area contributed by atoms with Crippen LogP contribution in [0.25, 0.3) is 0 Å². The highest BCUT2D eigenvalue weighted by Gasteiger charge is 2.59. The van der Waals surface area contributed by atoms with Crippen LogP contribution >= 0.6 is 12.2 Å². The molecule has 0 aliphatic heterocycles. The lowest BCUT2D eigenvalue weighted by Gasteiger charge is -2.59. The van der Waals surface area contributed by atoms with Gasteiger partial charge >= 0.3 is 12.1 Å². The lowest BCUT2D eigenvalue weighted by molar-refractivity contribution is -0.170. The molecule has 0 amide bonds. The van der Waals surface area contributed by atoms with Crippen LogP contribution in [0.1, 0.15) is 57.1 Å². The standard InChI is InChI=1S/C24H30F3NO3S/c1-22(2,31-13-14-4-6-18(7-5-14)24(25,26)27)20(32)28-19-16-8-15-9-17(19)12-23(10-15,11-16)21(29)30-3/h4-7,15-17,19H,8-13H2,1-3H3,(H,28,32). The van der Waals surface area contributed by atoms with Gasteiger partial charge < -0.3 is 14.8 Å². The van der Waals surface area contributed by atoms with Gasteiger partial charge in [-0.3, -0.25) is 4.79 Å². The number of nitrogens with one attached hydrogen (secondary N) is 1. The minimum atomic E-state index is -4.35. The Morgan fingerprint density at radius 2 is 1.72 bits per heavy atom. The molecule has 1 N–H and O–H groups in total. The van der Waals surface area contributed by atoms with Gasteiger partial charge in [0.15, 0.2) is 0 Å². The fraction of sp³-hybridized carbons (Fsp3) is 0.667. The minimum Gasteiger partial charge on any atom is -0.469 e. The van der Waals surface area contributed by atoms with E-state index in [0.717, 1.165) is 44.2 Å². The molecule has 8 heteroatoms. The number of carbonyl (C=O) groups is 1. The normalized spacial score (nSPS) is 31.4. The van der Waals surface area contributed by atoms with Crippen molar-refractivity contribution in [3.63, 3.8) is 0 Å². The molecule has 176 valence electrons. The Balaban J connectivity index is 1.37. The smallest absolute Gasteiger partial charge is 0.416 e. The molecule has 4 aliphatic rings. The van der Waals surface area contributed by atoms with Crippen LogP contribution in [0.3, 0.4) is 0 Å². The van der Waals surface area contributed by atoms with Gasteiger partial charge in [-0.2, -0.15) is 13.2 Å². The van der Waals surface area contributed by atoms with Crippen LogP contribution in [0.5, 0.6) is 0 Å². The van der Waals surface area contributed by atoms with Gasteiger partial charge in [0.25, 0.3) is 0 Å². The fourth-order valence-corrected chi connectivity index (χ4v) is 6.37. The molecule has 0 aromatic heterocycles. The van der Waals surface area contributed by atoms with Crippen molar-refractivity contribution in [3.8, 4) is 0 Å². The largest absolute Gasteiger partial charge is 0.469 e. The van der Waals surface area contributed by atoms with E-state index in [9.17, 15) is 18.0 Å². The summed E-state index contributed by atoms with van der Waals surface area (Å²) in [4.78, 5) is 13.1. The van der Waals surface area contributed by atoms with Crippen molar-refractivity contribution in [2.75, 3.05) is 7.11 Å². The third kappa shape index (κ3) is 4.40. The lowest BCUT2D eigenvalue weighted by atomic mass is 9.48. The Labute approximate surface area is 192 Å². The first kappa shape index (κ1) is 23.5. The number of thiocarbonyl (C=S) groups is 1. The van der Waals surface area contributed by atoms with Crippen LogP contribution in [-0.2, 0) is 27.1 Å². The second-order valence-electron chi connectivity index (χ2n) is 10.2. The molecule has 2 atom stereocenters. The lowest BCUT2D eigenvalue weighted by Crippen LogP contribution is -2.62. The quantitative estimate of drug-likeness (QED) is 0.453. The zero-order chi connectivity index (χ0) is 23.3. The number of esters is 1. The average molecular weight is 470 g/mol. The average Bonchev–Trinajstić information content (AvgIpc) is 2.73. The molecule has 0 spiro atoms. The van der Waals surface area contributed by atoms with Crippen molar-refractivity contribution in [2.45, 2.75) is 70.4 Å². The molecule has 0 radical (unpaired) electrons. The van der Waals surface area contributed by atoms with Crippen LogP contribution in [0.4, 0.5) is 13.2 Å². The summed E-state index contributed by atoms with van der Waals surface area (Å²) in [6.45, 7) is 3.91. The van der Waals surface area contributed by atoms with Gasteiger partial charge in [-0.1, -0.05) is 24.4 Å². The Morgan fingerprint density at radius 1 is 1.12 bits per heavy atom. The number of hydrogen-bond donors (Lipinski definition) is 1. The van der Waals surface area contributed by atoms with Gasteiger partial charge in [0, 0.05) is 6.04 Å². The van der Waals surface area contributed by atoms with Crippen molar-refractivity contribution in [1.82, 2.24) is 5.32 Å². The number of methoxy groups -OCH3 is 1. The molecule has 0 saturated heterocycles. The SMILES string of the molecule is COC(=O)C12CC3CC(C1)C(NC(=S)C(C)(C)OCc1ccc(C(F)(F)F)cc1)C(C3)C2. The number of alkyl halides is 3. The Bertz CT molecular complexity index is 867. The first-order chi connectivity index (χ1) is 14.9. The highest BCUT2D eigenvalue weighted by Crippen LogP contribution is 2.60. The van der Waals surface area contributed by atoms with Crippen molar-refractivity contribution >= 4 is 23.2 Å². The van der Waals surface area contributed by atoms with E-state index in [-0.39, 0.29) is 24.0 Å². The van der Waals surface area contributed by atoms with E-state index in [0.29, 0.717) is 28.3 Å². The molecule has 4 saturated carbocycles. The molecule has 1 aromatic carbocycles. The summed E-state index contributed by atoms with van der Waals surface area (Å²) in [6, 6.07) is 5.20. The third-order valence-corrected chi connectivity index (χ3v) is 8.23. The summed E-state index contributed by atoms with van der Waals surface area (Å²) in [5.74, 6) is 1.26. The molecule has 5 rings (SSSR count). The van der Waals surface area contributed by atoms with Gasteiger partial charge in [0.05, 0.1) is 24.7 Å². The minimum absolute atomic E-state index is 0.0712. The molecule has 32 heavy (non-hydrogen) atoms. The molecule has 4 aliphatic carbocycles. The Kier molecular flexibility index (Phi) is 6.07. The predicted octanol–water partition coefficient (Wildman–Crippen LogP) is 5.29. The van der Waals surface area contributed by atoms with E-state index in [1.807, 2.05) is 13.8 Å². The van der Waals surface area contributed by atoms with Gasteiger partial charge in [-0.05, 0) is 81.4 Å². The van der Waals surface area contributed by atoms with Crippen molar-refractivity contribution in [2.24, 2.45) is 23.2 Å². The van der Waals surface area contributed by atoms with E-state index < -0.39 is 17.3 Å². The van der Waals surface area contributed by atoms with E-state index in [2.05, 4.69) is 5.32 Å². The first-order valence-corrected chi connectivity index (χ1v) is 11.5. The summed E-state index contributed by atoms with van der Waals surface area (Å²) >= 11 is 5.70. The fourth-order valence-electron chi connectivity index (χ4n) is 6.17. The predicted molar refractivity (Wildman–Crippen MR) is 118 cm³/mol. The zero-order valence-corrected chi connectivity index (χ0v) is 19.4. The van der Waals surface area contributed by atoms with Crippen molar-refractivity contribution < 1.29 is 27.4 Å². The van der Waals surface area contributed by atoms with Gasteiger partial charge in [-0.25, -0.2) is 0 Å². The topological polar surface area (TPSA) is 47.6 Å². The number of rotatable bonds is 6. The molecule has 2 unspecified atom stereocenters. The molecule has 4 nitrogen and oxygen atoms in total. The summed E-state index contributed by atoms with van der Waals surface area (Å²) in [6.07, 6.45) is 0.450. The number of benzene rings is 1. The van der Waals surface area contributed by atoms with Crippen LogP contribution < -0.4 is 5.32 Å². The molecule has 0 heterocycles. The number of halogens is 3. The second kappa shape index (κ2) is 8.28. The highest BCUT2D eigenvalue weighted by atomic mass is 32.1. The van der Waals surface area contributed by atoms with Crippen LogP contribution in [-0.4, -0.2) is 29.7 Å². The molecular formula is C24H30F3NO3S. The second-order valence-corrected chi connectivity index (χ2v) is 10.6. The summed E-state index contributed by atoms with van der Waals surface area (Å²) in [7, 11) is 1.47. The van der Waals surface area contributed by atoms with Crippen LogP contribution in [0, 0.1) is 23.2 Å². The van der Waals surface area contributed by atoms with E-state index in [1.165, 1.54) is 19.2 Å². The zero-order valence-electron chi connectivity index (χ0n) is 18.6. The van der Waals surface area contributed by atoms with Gasteiger partial charge in [-0.15, -0.1) is 0 Å². The third-order valence-electron chi connectivity index (χ3n) is 7.62. The Morgan fingerprint density at radius 3 is 2.25 bits per heavy atom. The van der Waals surface area contributed by atoms with Crippen LogP contribution in [0.15, 0.2) is 24.3 Å². The van der Waals surface area contributed by atoms with E-state index >= 15 is 0 Å². The van der Waals surface area contributed by atoms with Gasteiger partial charge in [0.1, 0.15) is 10.6 Å². The first-order valence-electron chi connectivity index (χ1n) is 11.1. The van der Waals surface area contributed by atoms with Gasteiger partial charge in [0.2, 0.25) is 0 Å². The van der Waals surface area contributed by atoms with E-state index in [1.54, 1.807) is 0 Å². The highest BCUT2D eigenvalue weighted by molar-refractivity contribution is 7.80. The number of ether oxygens (including phenoxy) is 2. The summed E-state index contributed by atoms with van der Waals surface area (Å²) in [5.41, 5.74) is -1.13. The molecule has 1 aromatic rings. The van der Waals surface area contributed by atoms with Crippen LogP contribution in [0.2, 0.25) is 0 Å². The maximum atomic E-state index is 12.8. The maximum Gasteiger partial charge on any atom is 0.416 e. The Hall–Kier alpha value is -1.67. The summed E-state index contributed by atoms with van der Waals surface area (Å²) < 4.78 is 49.4.